The maximum atomic E-state index is 13.6. The molecule has 1 aliphatic carbocycles. The molecule has 33 heavy (non-hydrogen) atoms. The Hall–Kier alpha value is -2.26. The molecule has 1 saturated carbocycles. The number of anilines is 1. The van der Waals surface area contributed by atoms with Gasteiger partial charge in [-0.05, 0) is 61.6 Å². The third-order valence-corrected chi connectivity index (χ3v) is 7.24. The molecule has 0 unspecified atom stereocenters. The normalized spacial score (nSPS) is 13.7. The van der Waals surface area contributed by atoms with Gasteiger partial charge in [0.1, 0.15) is 11.6 Å². The number of aromatic nitrogens is 1. The van der Waals surface area contributed by atoms with Crippen molar-refractivity contribution in [2.45, 2.75) is 39.2 Å². The largest absolute Gasteiger partial charge is 0.496 e. The number of terminal acetylenes is 1. The number of halogens is 3. The van der Waals surface area contributed by atoms with Crippen molar-refractivity contribution in [3.05, 3.63) is 63.2 Å². The van der Waals surface area contributed by atoms with E-state index < -0.39 is 0 Å². The van der Waals surface area contributed by atoms with Gasteiger partial charge in [-0.2, -0.15) is 0 Å². The number of methoxy groups -OCH3 is 1. The Bertz CT molecular complexity index is 1150. The monoisotopic (exact) mass is 504 g/mol. The van der Waals surface area contributed by atoms with Crippen LogP contribution in [0.2, 0.25) is 5.02 Å². The van der Waals surface area contributed by atoms with Gasteiger partial charge in [0.2, 0.25) is 0 Å². The summed E-state index contributed by atoms with van der Waals surface area (Å²) >= 11 is 8.20. The average molecular weight is 505 g/mol. The first-order valence-electron chi connectivity index (χ1n) is 10.7. The van der Waals surface area contributed by atoms with E-state index in [-0.39, 0.29) is 24.3 Å². The highest BCUT2D eigenvalue weighted by molar-refractivity contribution is 7.16. The molecule has 1 aromatic heterocycles. The number of aryl methyl sites for hydroxylation is 2. The average Bonchev–Trinajstić information content (AvgIpc) is 3.52. The van der Waals surface area contributed by atoms with Crippen LogP contribution >= 0.6 is 35.3 Å². The van der Waals surface area contributed by atoms with Gasteiger partial charge in [-0.15, -0.1) is 30.2 Å². The fourth-order valence-electron chi connectivity index (χ4n) is 4.03. The quantitative estimate of drug-likeness (QED) is 0.294. The minimum atomic E-state index is -0.237. The summed E-state index contributed by atoms with van der Waals surface area (Å²) in [6, 6.07) is 10.6. The molecule has 1 atom stereocenters. The van der Waals surface area contributed by atoms with Crippen molar-refractivity contribution < 1.29 is 9.13 Å². The molecule has 0 aliphatic heterocycles. The van der Waals surface area contributed by atoms with Crippen LogP contribution < -0.4 is 9.64 Å². The number of nitrogens with zero attached hydrogens (tertiary/aromatic N) is 2. The lowest BCUT2D eigenvalue weighted by atomic mass is 9.99. The van der Waals surface area contributed by atoms with Gasteiger partial charge in [-0.1, -0.05) is 42.5 Å². The molecule has 1 fully saturated rings. The van der Waals surface area contributed by atoms with Gasteiger partial charge in [0.05, 0.1) is 30.4 Å². The van der Waals surface area contributed by atoms with E-state index >= 15 is 0 Å². The van der Waals surface area contributed by atoms with Crippen molar-refractivity contribution in [3.8, 4) is 29.4 Å². The van der Waals surface area contributed by atoms with E-state index in [4.69, 9.17) is 27.7 Å². The van der Waals surface area contributed by atoms with E-state index in [0.29, 0.717) is 17.5 Å². The van der Waals surface area contributed by atoms with E-state index in [0.717, 1.165) is 44.6 Å². The maximum Gasteiger partial charge on any atom is 0.187 e. The van der Waals surface area contributed by atoms with E-state index in [2.05, 4.69) is 10.8 Å². The highest BCUT2D eigenvalue weighted by Crippen LogP contribution is 2.44. The molecular weight excluding hydrogens is 478 g/mol. The van der Waals surface area contributed by atoms with Crippen LogP contribution in [0.15, 0.2) is 36.4 Å². The van der Waals surface area contributed by atoms with Gasteiger partial charge in [0.25, 0.3) is 0 Å². The van der Waals surface area contributed by atoms with Crippen LogP contribution in [-0.2, 0) is 0 Å². The Kier molecular flexibility index (Phi) is 8.28. The molecule has 0 saturated heterocycles. The number of benzene rings is 2. The fourth-order valence-corrected chi connectivity index (χ4v) is 5.24. The fraction of sp³-hybridized carbons (Fsp3) is 0.346. The lowest BCUT2D eigenvalue weighted by Crippen LogP contribution is -2.29. The predicted octanol–water partition coefficient (Wildman–Crippen LogP) is 7.63. The molecule has 3 aromatic rings. The van der Waals surface area contributed by atoms with Crippen molar-refractivity contribution in [2.75, 3.05) is 18.6 Å². The van der Waals surface area contributed by atoms with Gasteiger partial charge in [0, 0.05) is 10.4 Å². The second kappa shape index (κ2) is 10.8. The van der Waals surface area contributed by atoms with Crippen LogP contribution in [0.4, 0.5) is 9.52 Å². The summed E-state index contributed by atoms with van der Waals surface area (Å²) < 4.78 is 19.0. The zero-order valence-corrected chi connectivity index (χ0v) is 21.3. The van der Waals surface area contributed by atoms with Crippen LogP contribution in [0, 0.1) is 37.9 Å². The Morgan fingerprint density at radius 3 is 2.58 bits per heavy atom. The summed E-state index contributed by atoms with van der Waals surface area (Å²) in [6.07, 6.45) is 9.20. The third kappa shape index (κ3) is 5.63. The number of hydrogen-bond acceptors (Lipinski definition) is 4. The highest BCUT2D eigenvalue weighted by atomic mass is 35.5. The summed E-state index contributed by atoms with van der Waals surface area (Å²) in [5, 5.41) is 1.46. The van der Waals surface area contributed by atoms with Crippen LogP contribution in [0.3, 0.4) is 0 Å². The van der Waals surface area contributed by atoms with Gasteiger partial charge in [0.15, 0.2) is 5.13 Å². The van der Waals surface area contributed by atoms with E-state index in [1.807, 2.05) is 38.1 Å². The number of hydrogen-bond donors (Lipinski definition) is 0. The SMILES string of the molecule is C#CCN(c1nc(-c2cc(C)c(OC)cc2Cl)c(C)s1)[C@@H](CC1CC1)c1ccc(F)cc1.Cl. The molecule has 0 radical (unpaired) electrons. The predicted molar refractivity (Wildman–Crippen MR) is 138 cm³/mol. The molecule has 0 spiro atoms. The summed E-state index contributed by atoms with van der Waals surface area (Å²) in [6.45, 7) is 4.47. The molecule has 0 N–H and O–H groups in total. The van der Waals surface area contributed by atoms with Crippen molar-refractivity contribution in [1.82, 2.24) is 4.98 Å². The van der Waals surface area contributed by atoms with Crippen molar-refractivity contribution >= 4 is 40.5 Å². The Morgan fingerprint density at radius 2 is 1.97 bits per heavy atom. The number of ether oxygens (including phenoxy) is 1. The first-order chi connectivity index (χ1) is 15.4. The van der Waals surface area contributed by atoms with Gasteiger partial charge in [-0.25, -0.2) is 9.37 Å². The molecule has 3 nitrogen and oxygen atoms in total. The lowest BCUT2D eigenvalue weighted by molar-refractivity contribution is 0.412. The van der Waals surface area contributed by atoms with Crippen LogP contribution in [0.1, 0.15) is 41.3 Å². The standard InChI is InChI=1S/C26H26ClFN2OS.ClH/c1-5-12-30(23(14-18-6-7-18)19-8-10-20(28)11-9-19)26-29-25(17(3)32-26)21-13-16(2)24(31-4)15-22(21)27;/h1,8-11,13,15,18,23H,6-7,12,14H2,2-4H3;1H/t23-;/m0./s1. The lowest BCUT2D eigenvalue weighted by Gasteiger charge is -2.30. The van der Waals surface area contributed by atoms with E-state index in [9.17, 15) is 4.39 Å². The maximum absolute atomic E-state index is 13.6. The zero-order valence-electron chi connectivity index (χ0n) is 18.9. The molecule has 1 aliphatic rings. The summed E-state index contributed by atoms with van der Waals surface area (Å²) in [4.78, 5) is 8.24. The molecule has 0 bridgehead atoms. The van der Waals surface area contributed by atoms with Gasteiger partial charge >= 0.3 is 0 Å². The van der Waals surface area contributed by atoms with Crippen LogP contribution in [0.25, 0.3) is 11.3 Å². The van der Waals surface area contributed by atoms with Crippen molar-refractivity contribution in [3.63, 3.8) is 0 Å². The molecule has 0 amide bonds. The summed E-state index contributed by atoms with van der Waals surface area (Å²) in [5.74, 6) is 3.99. The minimum absolute atomic E-state index is 0. The number of rotatable bonds is 8. The molecule has 7 heteroatoms. The minimum Gasteiger partial charge on any atom is -0.496 e. The second-order valence-electron chi connectivity index (χ2n) is 8.28. The topological polar surface area (TPSA) is 25.4 Å². The second-order valence-corrected chi connectivity index (χ2v) is 9.87. The molecule has 4 rings (SSSR count). The van der Waals surface area contributed by atoms with Crippen LogP contribution in [0.5, 0.6) is 5.75 Å². The highest BCUT2D eigenvalue weighted by Gasteiger charge is 2.31. The molecule has 1 heterocycles. The van der Waals surface area contributed by atoms with Crippen molar-refractivity contribution in [1.29, 1.82) is 0 Å². The first kappa shape index (κ1) is 25.4. The third-order valence-electron chi connectivity index (χ3n) is 5.92. The Morgan fingerprint density at radius 1 is 1.27 bits per heavy atom. The van der Waals surface area contributed by atoms with Gasteiger partial charge in [-0.3, -0.25) is 0 Å². The Labute approximate surface area is 210 Å². The van der Waals surface area contributed by atoms with E-state index in [1.165, 1.54) is 25.0 Å². The molecular formula is C26H27Cl2FN2OS. The molecule has 2 aromatic carbocycles. The smallest absolute Gasteiger partial charge is 0.187 e. The summed E-state index contributed by atoms with van der Waals surface area (Å²) in [5.41, 5.74) is 3.79. The molecule has 174 valence electrons. The summed E-state index contributed by atoms with van der Waals surface area (Å²) in [7, 11) is 1.64. The van der Waals surface area contributed by atoms with Crippen LogP contribution in [-0.4, -0.2) is 18.6 Å². The Balaban J connectivity index is 0.00000306. The van der Waals surface area contributed by atoms with Gasteiger partial charge < -0.3 is 9.64 Å². The number of thiazole rings is 1. The zero-order chi connectivity index (χ0) is 22.8. The first-order valence-corrected chi connectivity index (χ1v) is 11.9. The van der Waals surface area contributed by atoms with E-state index in [1.54, 1.807) is 18.4 Å². The van der Waals surface area contributed by atoms with Crippen molar-refractivity contribution in [2.24, 2.45) is 5.92 Å².